The van der Waals surface area contributed by atoms with Crippen molar-refractivity contribution in [3.63, 3.8) is 0 Å². The molecule has 0 aliphatic rings. The molecule has 0 fully saturated rings. The first kappa shape index (κ1) is 8.55. The summed E-state index contributed by atoms with van der Waals surface area (Å²) >= 11 is 0. The maximum atomic E-state index is 11.1. The molecule has 3 N–H and O–H groups in total. The van der Waals surface area contributed by atoms with Gasteiger partial charge in [-0.25, -0.2) is 4.98 Å². The number of nitrogens with one attached hydrogen (secondary N) is 1. The first-order chi connectivity index (χ1) is 6.74. The first-order valence-corrected chi connectivity index (χ1v) is 4.17. The lowest BCUT2D eigenvalue weighted by atomic mass is 10.2. The highest BCUT2D eigenvalue weighted by atomic mass is 16.1. The summed E-state index contributed by atoms with van der Waals surface area (Å²) in [5.74, 6) is 0.395. The van der Waals surface area contributed by atoms with E-state index in [9.17, 15) is 4.79 Å². The van der Waals surface area contributed by atoms with Crippen molar-refractivity contribution in [1.29, 1.82) is 0 Å². The lowest BCUT2D eigenvalue weighted by molar-refractivity contribution is 0.100. The Hall–Kier alpha value is -2.04. The van der Waals surface area contributed by atoms with Gasteiger partial charge >= 0.3 is 0 Å². The number of carbonyl (C=O) groups is 1. The zero-order valence-corrected chi connectivity index (χ0v) is 7.69. The van der Waals surface area contributed by atoms with E-state index in [1.54, 1.807) is 36.0 Å². The van der Waals surface area contributed by atoms with Crippen LogP contribution >= 0.6 is 0 Å². The second-order valence-corrected chi connectivity index (χ2v) is 2.87. The number of fused-ring (bicyclic) bond motifs is 1. The van der Waals surface area contributed by atoms with Crippen molar-refractivity contribution in [3.05, 3.63) is 30.1 Å². The number of nitrogens with zero attached hydrogens (tertiary/aromatic N) is 2. The highest BCUT2D eigenvalue weighted by molar-refractivity contribution is 5.99. The Balaban J connectivity index is 2.78. The smallest absolute Gasteiger partial charge is 0.252 e. The molecule has 0 saturated heterocycles. The molecule has 0 unspecified atom stereocenters. The van der Waals surface area contributed by atoms with Crippen LogP contribution in [0.4, 0.5) is 5.82 Å². The van der Waals surface area contributed by atoms with Crippen LogP contribution in [0.15, 0.2) is 24.5 Å². The minimum Gasteiger partial charge on any atom is -0.374 e. The molecule has 72 valence electrons. The summed E-state index contributed by atoms with van der Waals surface area (Å²) in [6.07, 6.45) is 3.40. The summed E-state index contributed by atoms with van der Waals surface area (Å²) in [5, 5.41) is 2.99. The van der Waals surface area contributed by atoms with E-state index >= 15 is 0 Å². The molecule has 0 aromatic carbocycles. The molecule has 2 aromatic rings. The predicted molar refractivity (Wildman–Crippen MR) is 53.3 cm³/mol. The Morgan fingerprint density at radius 1 is 1.57 bits per heavy atom. The number of hydrogen-bond donors (Lipinski definition) is 2. The molecule has 0 atom stereocenters. The fourth-order valence-corrected chi connectivity index (χ4v) is 1.41. The van der Waals surface area contributed by atoms with Crippen LogP contribution in [0.2, 0.25) is 0 Å². The Morgan fingerprint density at radius 2 is 2.36 bits per heavy atom. The van der Waals surface area contributed by atoms with Gasteiger partial charge in [-0.3, -0.25) is 9.20 Å². The fraction of sp³-hybridized carbons (Fsp3) is 0.111. The van der Waals surface area contributed by atoms with Gasteiger partial charge in [-0.2, -0.15) is 0 Å². The second kappa shape index (κ2) is 3.02. The number of carbonyl (C=O) groups excluding carboxylic acids is 1. The van der Waals surface area contributed by atoms with Gasteiger partial charge in [0.25, 0.3) is 5.91 Å². The molecule has 0 radical (unpaired) electrons. The maximum absolute atomic E-state index is 11.1. The van der Waals surface area contributed by atoms with E-state index in [0.29, 0.717) is 11.2 Å². The van der Waals surface area contributed by atoms with Crippen molar-refractivity contribution in [3.8, 4) is 0 Å². The normalized spacial score (nSPS) is 10.4. The van der Waals surface area contributed by atoms with E-state index in [0.717, 1.165) is 5.82 Å². The molecule has 2 rings (SSSR count). The SMILES string of the molecule is CNc1ccc(C(N)=O)c2nccn12. The summed E-state index contributed by atoms with van der Waals surface area (Å²) in [6, 6.07) is 3.45. The molecule has 2 aromatic heterocycles. The van der Waals surface area contributed by atoms with Crippen molar-refractivity contribution < 1.29 is 4.79 Å². The third-order valence-electron chi connectivity index (χ3n) is 2.07. The molecule has 0 bridgehead atoms. The van der Waals surface area contributed by atoms with Crippen molar-refractivity contribution >= 4 is 17.4 Å². The van der Waals surface area contributed by atoms with Crippen LogP contribution in [-0.2, 0) is 0 Å². The number of nitrogens with two attached hydrogens (primary N) is 1. The van der Waals surface area contributed by atoms with E-state index in [4.69, 9.17) is 5.73 Å². The molecule has 0 spiro atoms. The summed E-state index contributed by atoms with van der Waals surface area (Å²) in [6.45, 7) is 0. The van der Waals surface area contributed by atoms with Crippen molar-refractivity contribution in [1.82, 2.24) is 9.38 Å². The number of hydrogen-bond acceptors (Lipinski definition) is 3. The Morgan fingerprint density at radius 3 is 3.00 bits per heavy atom. The Labute approximate surface area is 80.6 Å². The number of pyridine rings is 1. The number of aromatic nitrogens is 2. The van der Waals surface area contributed by atoms with Crippen LogP contribution in [-0.4, -0.2) is 22.3 Å². The maximum Gasteiger partial charge on any atom is 0.252 e. The Kier molecular flexibility index (Phi) is 1.85. The van der Waals surface area contributed by atoms with E-state index in [1.165, 1.54) is 0 Å². The number of imidazole rings is 1. The van der Waals surface area contributed by atoms with Gasteiger partial charge in [0.05, 0.1) is 5.56 Å². The molecule has 0 aliphatic carbocycles. The van der Waals surface area contributed by atoms with Gasteiger partial charge in [0.2, 0.25) is 0 Å². The lowest BCUT2D eigenvalue weighted by Crippen LogP contribution is -2.13. The van der Waals surface area contributed by atoms with Crippen molar-refractivity contribution in [2.24, 2.45) is 5.73 Å². The Bertz CT molecular complexity index is 489. The molecule has 0 aliphatic heterocycles. The van der Waals surface area contributed by atoms with E-state index in [2.05, 4.69) is 10.3 Å². The number of amides is 1. The monoisotopic (exact) mass is 190 g/mol. The van der Waals surface area contributed by atoms with Crippen LogP contribution in [0, 0.1) is 0 Å². The molecular formula is C9H10N4O. The molecule has 5 heteroatoms. The van der Waals surface area contributed by atoms with E-state index in [1.807, 2.05) is 0 Å². The average molecular weight is 190 g/mol. The minimum absolute atomic E-state index is 0.425. The van der Waals surface area contributed by atoms with Gasteiger partial charge in [0.15, 0.2) is 5.65 Å². The number of rotatable bonds is 2. The van der Waals surface area contributed by atoms with Crippen LogP contribution in [0.5, 0.6) is 0 Å². The van der Waals surface area contributed by atoms with Gasteiger partial charge in [0, 0.05) is 19.4 Å². The molecule has 0 saturated carbocycles. The van der Waals surface area contributed by atoms with E-state index in [-0.39, 0.29) is 0 Å². The highest BCUT2D eigenvalue weighted by Crippen LogP contribution is 2.14. The van der Waals surface area contributed by atoms with Crippen molar-refractivity contribution in [2.75, 3.05) is 12.4 Å². The van der Waals surface area contributed by atoms with Gasteiger partial charge in [-0.05, 0) is 12.1 Å². The summed E-state index contributed by atoms with van der Waals surface area (Å²) in [5.41, 5.74) is 6.22. The minimum atomic E-state index is -0.469. The molecule has 2 heterocycles. The van der Waals surface area contributed by atoms with Crippen LogP contribution < -0.4 is 11.1 Å². The number of primary amides is 1. The summed E-state index contributed by atoms with van der Waals surface area (Å²) in [7, 11) is 1.80. The van der Waals surface area contributed by atoms with Gasteiger partial charge in [-0.15, -0.1) is 0 Å². The molecule has 5 nitrogen and oxygen atoms in total. The lowest BCUT2D eigenvalue weighted by Gasteiger charge is -2.05. The highest BCUT2D eigenvalue weighted by Gasteiger charge is 2.09. The molecule has 1 amide bonds. The quantitative estimate of drug-likeness (QED) is 0.723. The van der Waals surface area contributed by atoms with Gasteiger partial charge in [-0.1, -0.05) is 0 Å². The standard InChI is InChI=1S/C9H10N4O/c1-11-7-3-2-6(8(10)14)9-12-4-5-13(7)9/h2-5,11H,1H3,(H2,10,14). The third-order valence-corrected chi connectivity index (χ3v) is 2.07. The van der Waals surface area contributed by atoms with Crippen LogP contribution in [0.3, 0.4) is 0 Å². The largest absolute Gasteiger partial charge is 0.374 e. The predicted octanol–water partition coefficient (Wildman–Crippen LogP) is 0.475. The summed E-state index contributed by atoms with van der Waals surface area (Å²) in [4.78, 5) is 15.1. The average Bonchev–Trinajstić information content (AvgIpc) is 2.64. The topological polar surface area (TPSA) is 72.4 Å². The van der Waals surface area contributed by atoms with Crippen LogP contribution in [0.1, 0.15) is 10.4 Å². The van der Waals surface area contributed by atoms with Gasteiger partial charge < -0.3 is 11.1 Å². The summed E-state index contributed by atoms with van der Waals surface area (Å²) < 4.78 is 1.78. The zero-order chi connectivity index (χ0) is 10.1. The number of anilines is 1. The van der Waals surface area contributed by atoms with Gasteiger partial charge in [0.1, 0.15) is 5.82 Å². The van der Waals surface area contributed by atoms with E-state index < -0.39 is 5.91 Å². The fourth-order valence-electron chi connectivity index (χ4n) is 1.41. The zero-order valence-electron chi connectivity index (χ0n) is 7.69. The molecule has 14 heavy (non-hydrogen) atoms. The third kappa shape index (κ3) is 1.10. The second-order valence-electron chi connectivity index (χ2n) is 2.87. The molecular weight excluding hydrogens is 180 g/mol. The van der Waals surface area contributed by atoms with Crippen LogP contribution in [0.25, 0.3) is 5.65 Å². The first-order valence-electron chi connectivity index (χ1n) is 4.17. The van der Waals surface area contributed by atoms with Crippen molar-refractivity contribution in [2.45, 2.75) is 0 Å².